The first kappa shape index (κ1) is 12.3. The summed E-state index contributed by atoms with van der Waals surface area (Å²) < 4.78 is 13.9. The Labute approximate surface area is 108 Å². The van der Waals surface area contributed by atoms with E-state index in [0.29, 0.717) is 10.7 Å². The maximum atomic E-state index is 13.9. The number of nitrogens with zero attached hydrogens (tertiary/aromatic N) is 1. The van der Waals surface area contributed by atoms with E-state index < -0.39 is 0 Å². The highest BCUT2D eigenvalue weighted by molar-refractivity contribution is 7.15. The lowest BCUT2D eigenvalue weighted by atomic mass is 9.98. The minimum Gasteiger partial charge on any atom is -0.375 e. The second kappa shape index (κ2) is 4.63. The normalized spacial score (nSPS) is 12.7. The predicted molar refractivity (Wildman–Crippen MR) is 70.2 cm³/mol. The van der Waals surface area contributed by atoms with Gasteiger partial charge in [-0.05, 0) is 18.6 Å². The molecule has 0 spiro atoms. The summed E-state index contributed by atoms with van der Waals surface area (Å²) in [5.74, 6) is -0.462. The second-order valence-corrected chi connectivity index (χ2v) is 5.34. The lowest BCUT2D eigenvalue weighted by molar-refractivity contribution is 0.604. The van der Waals surface area contributed by atoms with E-state index in [4.69, 9.17) is 17.3 Å². The molecule has 90 valence electrons. The van der Waals surface area contributed by atoms with Crippen LogP contribution in [0.1, 0.15) is 29.0 Å². The molecule has 2 nitrogen and oxygen atoms in total. The summed E-state index contributed by atoms with van der Waals surface area (Å²) >= 11 is 7.17. The summed E-state index contributed by atoms with van der Waals surface area (Å²) in [6, 6.07) is 5.03. The molecule has 0 aliphatic carbocycles. The van der Waals surface area contributed by atoms with Crippen LogP contribution in [0.15, 0.2) is 18.2 Å². The van der Waals surface area contributed by atoms with E-state index in [2.05, 4.69) is 4.98 Å². The number of halogens is 2. The lowest BCUT2D eigenvalue weighted by Gasteiger charge is -2.12. The van der Waals surface area contributed by atoms with E-state index in [1.807, 2.05) is 13.8 Å². The smallest absolute Gasteiger partial charge is 0.180 e. The molecule has 1 aromatic heterocycles. The van der Waals surface area contributed by atoms with Gasteiger partial charge in [0.15, 0.2) is 5.13 Å². The molecule has 0 amide bonds. The molecule has 1 unspecified atom stereocenters. The molecular weight excluding hydrogens is 259 g/mol. The van der Waals surface area contributed by atoms with Crippen molar-refractivity contribution in [1.82, 2.24) is 4.98 Å². The predicted octanol–water partition coefficient (Wildman–Crippen LogP) is 3.98. The molecule has 0 aliphatic rings. The molecule has 0 bridgehead atoms. The standard InChI is InChI=1S/C12H12ClFN2S/c1-6(11-7(2)16-12(15)17-11)8-4-3-5-9(13)10(8)14/h3-6H,1-2H3,(H2,15,16). The molecule has 0 saturated heterocycles. The largest absolute Gasteiger partial charge is 0.375 e. The molecule has 17 heavy (non-hydrogen) atoms. The van der Waals surface area contributed by atoms with Gasteiger partial charge in [-0.25, -0.2) is 9.37 Å². The van der Waals surface area contributed by atoms with E-state index in [9.17, 15) is 4.39 Å². The van der Waals surface area contributed by atoms with Gasteiger partial charge in [0, 0.05) is 10.8 Å². The van der Waals surface area contributed by atoms with Crippen LogP contribution in [0.5, 0.6) is 0 Å². The molecule has 2 aromatic rings. The number of nitrogen functional groups attached to an aromatic ring is 1. The summed E-state index contributed by atoms with van der Waals surface area (Å²) in [4.78, 5) is 5.13. The molecule has 2 rings (SSSR count). The van der Waals surface area contributed by atoms with Gasteiger partial charge in [-0.1, -0.05) is 30.7 Å². The van der Waals surface area contributed by atoms with Gasteiger partial charge in [-0.2, -0.15) is 0 Å². The Kier molecular flexibility index (Phi) is 3.35. The first-order chi connectivity index (χ1) is 8.00. The Hall–Kier alpha value is -1.13. The fourth-order valence-corrected chi connectivity index (χ4v) is 2.91. The first-order valence-electron chi connectivity index (χ1n) is 5.17. The van der Waals surface area contributed by atoms with Crippen molar-refractivity contribution in [3.05, 3.63) is 45.2 Å². The van der Waals surface area contributed by atoms with E-state index in [0.717, 1.165) is 10.6 Å². The number of hydrogen-bond acceptors (Lipinski definition) is 3. The van der Waals surface area contributed by atoms with Gasteiger partial charge < -0.3 is 5.73 Å². The number of rotatable bonds is 2. The van der Waals surface area contributed by atoms with Crippen molar-refractivity contribution in [1.29, 1.82) is 0 Å². The van der Waals surface area contributed by atoms with E-state index in [1.54, 1.807) is 18.2 Å². The van der Waals surface area contributed by atoms with Crippen molar-refractivity contribution in [2.75, 3.05) is 5.73 Å². The maximum absolute atomic E-state index is 13.9. The van der Waals surface area contributed by atoms with Gasteiger partial charge in [0.2, 0.25) is 0 Å². The van der Waals surface area contributed by atoms with Crippen LogP contribution in [0.25, 0.3) is 0 Å². The zero-order valence-electron chi connectivity index (χ0n) is 9.50. The number of aryl methyl sites for hydroxylation is 1. The molecule has 0 saturated carbocycles. The Bertz CT molecular complexity index is 553. The minimum atomic E-state index is -0.368. The van der Waals surface area contributed by atoms with Crippen LogP contribution < -0.4 is 5.73 Å². The van der Waals surface area contributed by atoms with Gasteiger partial charge in [-0.3, -0.25) is 0 Å². The monoisotopic (exact) mass is 270 g/mol. The number of benzene rings is 1. The Morgan fingerprint density at radius 2 is 2.18 bits per heavy atom. The number of anilines is 1. The molecule has 1 aromatic carbocycles. The van der Waals surface area contributed by atoms with Gasteiger partial charge in [-0.15, -0.1) is 11.3 Å². The van der Waals surface area contributed by atoms with Gasteiger partial charge in [0.25, 0.3) is 0 Å². The zero-order chi connectivity index (χ0) is 12.6. The SMILES string of the molecule is Cc1nc(N)sc1C(C)c1cccc(Cl)c1F. The van der Waals surface area contributed by atoms with Crippen LogP contribution in [0.4, 0.5) is 9.52 Å². The van der Waals surface area contributed by atoms with Gasteiger partial charge in [0.1, 0.15) is 5.82 Å². The van der Waals surface area contributed by atoms with Crippen LogP contribution in [0.2, 0.25) is 5.02 Å². The van der Waals surface area contributed by atoms with Crippen molar-refractivity contribution < 1.29 is 4.39 Å². The van der Waals surface area contributed by atoms with Gasteiger partial charge >= 0.3 is 0 Å². The summed E-state index contributed by atoms with van der Waals surface area (Å²) in [5, 5.41) is 0.649. The average Bonchev–Trinajstić information content (AvgIpc) is 2.61. The summed E-state index contributed by atoms with van der Waals surface area (Å²) in [5.41, 5.74) is 7.07. The van der Waals surface area contributed by atoms with Crippen molar-refractivity contribution in [2.45, 2.75) is 19.8 Å². The van der Waals surface area contributed by atoms with Crippen LogP contribution in [0.3, 0.4) is 0 Å². The highest BCUT2D eigenvalue weighted by atomic mass is 35.5. The zero-order valence-corrected chi connectivity index (χ0v) is 11.1. The maximum Gasteiger partial charge on any atom is 0.180 e. The third kappa shape index (κ3) is 2.28. The molecule has 2 N–H and O–H groups in total. The van der Waals surface area contributed by atoms with Crippen molar-refractivity contribution in [2.24, 2.45) is 0 Å². The first-order valence-corrected chi connectivity index (χ1v) is 6.37. The third-order valence-electron chi connectivity index (χ3n) is 2.69. The summed E-state index contributed by atoms with van der Waals surface area (Å²) in [6.07, 6.45) is 0. The van der Waals surface area contributed by atoms with E-state index >= 15 is 0 Å². The van der Waals surface area contributed by atoms with Crippen molar-refractivity contribution >= 4 is 28.1 Å². The van der Waals surface area contributed by atoms with Crippen LogP contribution >= 0.6 is 22.9 Å². The van der Waals surface area contributed by atoms with Crippen LogP contribution in [-0.2, 0) is 0 Å². The number of thiazole rings is 1. The van der Waals surface area contributed by atoms with Crippen molar-refractivity contribution in [3.63, 3.8) is 0 Å². The second-order valence-electron chi connectivity index (χ2n) is 3.87. The van der Waals surface area contributed by atoms with Gasteiger partial charge in [0.05, 0.1) is 10.7 Å². The van der Waals surface area contributed by atoms with Crippen LogP contribution in [0, 0.1) is 12.7 Å². The summed E-state index contributed by atoms with van der Waals surface area (Å²) in [6.45, 7) is 3.80. The lowest BCUT2D eigenvalue weighted by Crippen LogP contribution is -1.99. The number of nitrogens with two attached hydrogens (primary N) is 1. The van der Waals surface area contributed by atoms with E-state index in [1.165, 1.54) is 11.3 Å². The number of aromatic nitrogens is 1. The Balaban J connectivity index is 2.47. The van der Waals surface area contributed by atoms with Crippen LogP contribution in [-0.4, -0.2) is 4.98 Å². The molecular formula is C12H12ClFN2S. The molecule has 1 heterocycles. The fourth-order valence-electron chi connectivity index (χ4n) is 1.83. The number of hydrogen-bond donors (Lipinski definition) is 1. The third-order valence-corrected chi connectivity index (χ3v) is 4.15. The molecule has 0 fully saturated rings. The summed E-state index contributed by atoms with van der Waals surface area (Å²) in [7, 11) is 0. The molecule has 0 radical (unpaired) electrons. The fraction of sp³-hybridized carbons (Fsp3) is 0.250. The van der Waals surface area contributed by atoms with Crippen molar-refractivity contribution in [3.8, 4) is 0 Å². The highest BCUT2D eigenvalue weighted by Gasteiger charge is 2.19. The molecule has 5 heteroatoms. The molecule has 1 atom stereocenters. The molecule has 0 aliphatic heterocycles. The quantitative estimate of drug-likeness (QED) is 0.896. The van der Waals surface area contributed by atoms with E-state index in [-0.39, 0.29) is 16.8 Å². The average molecular weight is 271 g/mol. The Morgan fingerprint density at radius 3 is 2.76 bits per heavy atom. The Morgan fingerprint density at radius 1 is 1.47 bits per heavy atom. The highest BCUT2D eigenvalue weighted by Crippen LogP contribution is 2.35. The minimum absolute atomic E-state index is 0.0940. The topological polar surface area (TPSA) is 38.9 Å².